The first-order chi connectivity index (χ1) is 13.7. The summed E-state index contributed by atoms with van der Waals surface area (Å²) in [6.45, 7) is 6.65. The Kier molecular flexibility index (Phi) is 8.85. The number of ether oxygens (including phenoxy) is 1. The van der Waals surface area contributed by atoms with Gasteiger partial charge >= 0.3 is 0 Å². The minimum Gasteiger partial charge on any atom is -0.497 e. The van der Waals surface area contributed by atoms with Crippen molar-refractivity contribution in [2.45, 2.75) is 26.8 Å². The van der Waals surface area contributed by atoms with Crippen molar-refractivity contribution in [2.75, 3.05) is 26.7 Å². The van der Waals surface area contributed by atoms with Crippen molar-refractivity contribution in [2.24, 2.45) is 4.99 Å². The van der Waals surface area contributed by atoms with E-state index in [4.69, 9.17) is 4.74 Å². The highest BCUT2D eigenvalue weighted by molar-refractivity contribution is 5.94. The quantitative estimate of drug-likeness (QED) is 0.354. The molecule has 0 aromatic heterocycles. The lowest BCUT2D eigenvalue weighted by Crippen LogP contribution is -2.41. The molecule has 150 valence electrons. The van der Waals surface area contributed by atoms with Crippen LogP contribution in [0.2, 0.25) is 0 Å². The maximum Gasteiger partial charge on any atom is 0.251 e. The molecule has 0 aliphatic heterocycles. The summed E-state index contributed by atoms with van der Waals surface area (Å²) in [4.78, 5) is 16.9. The van der Waals surface area contributed by atoms with Gasteiger partial charge in [-0.05, 0) is 42.7 Å². The fourth-order valence-corrected chi connectivity index (χ4v) is 2.79. The predicted molar refractivity (Wildman–Crippen MR) is 114 cm³/mol. The van der Waals surface area contributed by atoms with Gasteiger partial charge in [0.2, 0.25) is 0 Å². The number of benzene rings is 2. The number of nitrogens with one attached hydrogen (secondary N) is 3. The lowest BCUT2D eigenvalue weighted by Gasteiger charge is -2.13. The van der Waals surface area contributed by atoms with Crippen LogP contribution < -0.4 is 20.7 Å². The number of rotatable bonds is 9. The predicted octanol–water partition coefficient (Wildman–Crippen LogP) is 2.74. The van der Waals surface area contributed by atoms with E-state index in [0.717, 1.165) is 18.9 Å². The third kappa shape index (κ3) is 6.61. The van der Waals surface area contributed by atoms with Crippen LogP contribution >= 0.6 is 0 Å². The van der Waals surface area contributed by atoms with E-state index in [1.165, 1.54) is 11.1 Å². The number of aryl methyl sites for hydroxylation is 1. The molecule has 0 atom stereocenters. The molecule has 2 rings (SSSR count). The fourth-order valence-electron chi connectivity index (χ4n) is 2.79. The number of hydrogen-bond acceptors (Lipinski definition) is 3. The summed E-state index contributed by atoms with van der Waals surface area (Å²) in [5.41, 5.74) is 3.12. The molecule has 0 spiro atoms. The van der Waals surface area contributed by atoms with E-state index >= 15 is 0 Å². The molecule has 0 fully saturated rings. The van der Waals surface area contributed by atoms with Crippen molar-refractivity contribution in [3.63, 3.8) is 0 Å². The Morgan fingerprint density at radius 2 is 1.71 bits per heavy atom. The molecule has 6 heteroatoms. The molecule has 1 amide bonds. The zero-order valence-corrected chi connectivity index (χ0v) is 16.9. The second-order valence-electron chi connectivity index (χ2n) is 6.23. The maximum atomic E-state index is 12.2. The van der Waals surface area contributed by atoms with E-state index in [-0.39, 0.29) is 5.91 Å². The van der Waals surface area contributed by atoms with E-state index in [2.05, 4.69) is 46.1 Å². The number of guanidine groups is 1. The van der Waals surface area contributed by atoms with Gasteiger partial charge in [-0.3, -0.25) is 4.79 Å². The van der Waals surface area contributed by atoms with Gasteiger partial charge in [0.25, 0.3) is 5.91 Å². The summed E-state index contributed by atoms with van der Waals surface area (Å²) in [6, 6.07) is 15.4. The van der Waals surface area contributed by atoms with Gasteiger partial charge < -0.3 is 20.7 Å². The van der Waals surface area contributed by atoms with E-state index in [9.17, 15) is 4.79 Å². The van der Waals surface area contributed by atoms with Gasteiger partial charge in [-0.25, -0.2) is 4.99 Å². The third-order valence-electron chi connectivity index (χ3n) is 4.29. The monoisotopic (exact) mass is 382 g/mol. The molecule has 3 N–H and O–H groups in total. The zero-order chi connectivity index (χ0) is 20.2. The lowest BCUT2D eigenvalue weighted by molar-refractivity contribution is 0.0954. The smallest absolute Gasteiger partial charge is 0.251 e. The zero-order valence-electron chi connectivity index (χ0n) is 16.9. The molecule has 0 bridgehead atoms. The van der Waals surface area contributed by atoms with Crippen LogP contribution in [0.15, 0.2) is 53.5 Å². The molecule has 0 unspecified atom stereocenters. The topological polar surface area (TPSA) is 74.8 Å². The number of hydrogen-bond donors (Lipinski definition) is 3. The van der Waals surface area contributed by atoms with Crippen molar-refractivity contribution >= 4 is 11.9 Å². The van der Waals surface area contributed by atoms with Crippen LogP contribution in [0, 0.1) is 0 Å². The molecule has 2 aromatic carbocycles. The molecule has 0 saturated carbocycles. The average Bonchev–Trinajstić information content (AvgIpc) is 2.74. The minimum atomic E-state index is -0.125. The normalized spacial score (nSPS) is 11.0. The summed E-state index contributed by atoms with van der Waals surface area (Å²) in [6.07, 6.45) is 0.992. The van der Waals surface area contributed by atoms with Gasteiger partial charge in [0.1, 0.15) is 5.75 Å². The average molecular weight is 383 g/mol. The third-order valence-corrected chi connectivity index (χ3v) is 4.29. The van der Waals surface area contributed by atoms with Crippen molar-refractivity contribution in [1.82, 2.24) is 16.0 Å². The first-order valence-corrected chi connectivity index (χ1v) is 9.69. The van der Waals surface area contributed by atoms with Gasteiger partial charge in [-0.15, -0.1) is 0 Å². The summed E-state index contributed by atoms with van der Waals surface area (Å²) in [7, 11) is 1.58. The van der Waals surface area contributed by atoms with Crippen molar-refractivity contribution in [1.29, 1.82) is 0 Å². The second kappa shape index (κ2) is 11.6. The fraction of sp³-hybridized carbons (Fsp3) is 0.364. The lowest BCUT2D eigenvalue weighted by atomic mass is 10.1. The Hall–Kier alpha value is -3.02. The Balaban J connectivity index is 1.84. The van der Waals surface area contributed by atoms with Crippen LogP contribution in [0.25, 0.3) is 0 Å². The maximum absolute atomic E-state index is 12.2. The number of amides is 1. The molecular weight excluding hydrogens is 352 g/mol. The summed E-state index contributed by atoms with van der Waals surface area (Å²) < 4.78 is 5.15. The molecule has 6 nitrogen and oxygen atoms in total. The molecule has 0 saturated heterocycles. The SMILES string of the molecule is CCNC(=NCc1ccccc1CC)NCCNC(=O)c1cccc(OC)c1. The van der Waals surface area contributed by atoms with Crippen LogP contribution in [0.1, 0.15) is 35.3 Å². The van der Waals surface area contributed by atoms with Gasteiger partial charge in [0.15, 0.2) is 5.96 Å². The molecule has 0 radical (unpaired) electrons. The Morgan fingerprint density at radius 3 is 2.43 bits per heavy atom. The Labute approximate surface area is 167 Å². The largest absolute Gasteiger partial charge is 0.497 e. The number of carbonyl (C=O) groups is 1. The van der Waals surface area contributed by atoms with Crippen molar-refractivity contribution in [3.05, 3.63) is 65.2 Å². The first-order valence-electron chi connectivity index (χ1n) is 9.69. The highest BCUT2D eigenvalue weighted by atomic mass is 16.5. The van der Waals surface area contributed by atoms with Crippen molar-refractivity contribution < 1.29 is 9.53 Å². The van der Waals surface area contributed by atoms with Crippen LogP contribution in [0.4, 0.5) is 0 Å². The number of aliphatic imine (C=N–C) groups is 1. The Morgan fingerprint density at radius 1 is 0.964 bits per heavy atom. The second-order valence-corrected chi connectivity index (χ2v) is 6.23. The summed E-state index contributed by atoms with van der Waals surface area (Å²) in [5.74, 6) is 1.28. The van der Waals surface area contributed by atoms with Gasteiger partial charge in [0, 0.05) is 25.2 Å². The molecule has 0 heterocycles. The molecule has 0 aliphatic rings. The van der Waals surface area contributed by atoms with E-state index in [0.29, 0.717) is 30.9 Å². The summed E-state index contributed by atoms with van der Waals surface area (Å²) >= 11 is 0. The van der Waals surface area contributed by atoms with E-state index in [1.807, 2.05) is 19.1 Å². The van der Waals surface area contributed by atoms with E-state index in [1.54, 1.807) is 25.3 Å². The molecular formula is C22H30N4O2. The van der Waals surface area contributed by atoms with Crippen molar-refractivity contribution in [3.8, 4) is 5.75 Å². The molecule has 0 aliphatic carbocycles. The van der Waals surface area contributed by atoms with Gasteiger partial charge in [-0.1, -0.05) is 37.3 Å². The molecule has 28 heavy (non-hydrogen) atoms. The number of methoxy groups -OCH3 is 1. The van der Waals surface area contributed by atoms with Crippen LogP contribution in [0.3, 0.4) is 0 Å². The first kappa shape index (κ1) is 21.3. The van der Waals surface area contributed by atoms with Crippen LogP contribution in [-0.4, -0.2) is 38.6 Å². The minimum absolute atomic E-state index is 0.125. The van der Waals surface area contributed by atoms with Gasteiger partial charge in [-0.2, -0.15) is 0 Å². The Bertz CT molecular complexity index is 790. The highest BCUT2D eigenvalue weighted by Crippen LogP contribution is 2.12. The highest BCUT2D eigenvalue weighted by Gasteiger charge is 2.06. The van der Waals surface area contributed by atoms with Crippen LogP contribution in [0.5, 0.6) is 5.75 Å². The number of carbonyl (C=O) groups excluding carboxylic acids is 1. The summed E-state index contributed by atoms with van der Waals surface area (Å²) in [5, 5.41) is 9.39. The van der Waals surface area contributed by atoms with E-state index < -0.39 is 0 Å². The number of nitrogens with zero attached hydrogens (tertiary/aromatic N) is 1. The molecule has 2 aromatic rings. The standard InChI is InChI=1S/C22H30N4O2/c1-4-17-9-6-7-10-19(17)16-26-22(23-5-2)25-14-13-24-21(27)18-11-8-12-20(15-18)28-3/h6-12,15H,4-5,13-14,16H2,1-3H3,(H,24,27)(H2,23,25,26). The van der Waals surface area contributed by atoms with Crippen LogP contribution in [-0.2, 0) is 13.0 Å². The van der Waals surface area contributed by atoms with Gasteiger partial charge in [0.05, 0.1) is 13.7 Å².